The molecular weight excluding hydrogens is 446 g/mol. The molecular formula is C22H23N5O3S2. The Morgan fingerprint density at radius 3 is 2.69 bits per heavy atom. The van der Waals surface area contributed by atoms with E-state index in [9.17, 15) is 9.59 Å². The first kappa shape index (κ1) is 22.1. The van der Waals surface area contributed by atoms with Crippen molar-refractivity contribution in [1.82, 2.24) is 25.2 Å². The topological polar surface area (TPSA) is 89.4 Å². The van der Waals surface area contributed by atoms with Crippen LogP contribution >= 0.6 is 22.7 Å². The van der Waals surface area contributed by atoms with Crippen LogP contribution in [0.5, 0.6) is 0 Å². The maximum absolute atomic E-state index is 13.6. The molecule has 0 fully saturated rings. The van der Waals surface area contributed by atoms with Gasteiger partial charge in [-0.25, -0.2) is 4.68 Å². The minimum atomic E-state index is -0.753. The van der Waals surface area contributed by atoms with Gasteiger partial charge in [0, 0.05) is 23.4 Å². The molecule has 10 heteroatoms. The second-order valence-electron chi connectivity index (χ2n) is 7.04. The van der Waals surface area contributed by atoms with Gasteiger partial charge in [-0.05, 0) is 35.0 Å². The lowest BCUT2D eigenvalue weighted by Gasteiger charge is -2.30. The Kier molecular flexibility index (Phi) is 7.25. The van der Waals surface area contributed by atoms with E-state index in [0.717, 1.165) is 20.8 Å². The monoisotopic (exact) mass is 469 g/mol. The molecule has 3 aromatic heterocycles. The summed E-state index contributed by atoms with van der Waals surface area (Å²) in [4.78, 5) is 30.2. The Labute approximate surface area is 193 Å². The molecule has 4 aromatic rings. The van der Waals surface area contributed by atoms with Crippen LogP contribution in [0.2, 0.25) is 0 Å². The highest BCUT2D eigenvalue weighted by molar-refractivity contribution is 7.10. The van der Waals surface area contributed by atoms with Gasteiger partial charge in [0.2, 0.25) is 11.8 Å². The molecule has 1 aromatic carbocycles. The largest absolute Gasteiger partial charge is 0.383 e. The summed E-state index contributed by atoms with van der Waals surface area (Å²) in [5.41, 5.74) is 1.49. The number of carbonyl (C=O) groups excluding carboxylic acids is 2. The number of hydrogen-bond acceptors (Lipinski definition) is 7. The van der Waals surface area contributed by atoms with E-state index < -0.39 is 6.04 Å². The first-order valence-corrected chi connectivity index (χ1v) is 11.8. The van der Waals surface area contributed by atoms with E-state index in [1.165, 1.54) is 11.3 Å². The third-order valence-corrected chi connectivity index (χ3v) is 6.70. The van der Waals surface area contributed by atoms with Crippen molar-refractivity contribution in [2.75, 3.05) is 20.3 Å². The van der Waals surface area contributed by atoms with Crippen molar-refractivity contribution in [3.8, 4) is 0 Å². The second kappa shape index (κ2) is 10.5. The van der Waals surface area contributed by atoms with E-state index in [0.29, 0.717) is 19.7 Å². The van der Waals surface area contributed by atoms with Crippen LogP contribution in [0.25, 0.3) is 11.0 Å². The average Bonchev–Trinajstić information content (AvgIpc) is 3.57. The number of nitrogens with one attached hydrogen (secondary N) is 1. The number of methoxy groups -OCH3 is 1. The van der Waals surface area contributed by atoms with Gasteiger partial charge in [0.25, 0.3) is 0 Å². The molecule has 166 valence electrons. The summed E-state index contributed by atoms with van der Waals surface area (Å²) in [5, 5.41) is 15.0. The Hall–Kier alpha value is -3.08. The second-order valence-corrected chi connectivity index (χ2v) is 9.05. The first-order chi connectivity index (χ1) is 15.7. The number of para-hydroxylation sites is 1. The minimum Gasteiger partial charge on any atom is -0.383 e. The van der Waals surface area contributed by atoms with Gasteiger partial charge in [0.1, 0.15) is 18.1 Å². The lowest BCUT2D eigenvalue weighted by molar-refractivity contribution is -0.142. The standard InChI is InChI=1S/C22H23N5O3S2/c1-30-11-10-23-22(29)21(19-9-5-13-32-19)26(14-16-6-4-12-31-16)20(28)15-27-18-8-3-2-7-17(18)24-25-27/h2-9,12-13,21H,10-11,14-15H2,1H3,(H,23,29)/t21-/m1/s1. The molecule has 1 atom stereocenters. The highest BCUT2D eigenvalue weighted by Crippen LogP contribution is 2.29. The van der Waals surface area contributed by atoms with Gasteiger partial charge in [-0.1, -0.05) is 29.5 Å². The van der Waals surface area contributed by atoms with E-state index in [2.05, 4.69) is 15.6 Å². The van der Waals surface area contributed by atoms with Crippen molar-refractivity contribution in [3.63, 3.8) is 0 Å². The fraction of sp³-hybridized carbons (Fsp3) is 0.273. The Morgan fingerprint density at radius 1 is 1.12 bits per heavy atom. The van der Waals surface area contributed by atoms with Crippen LogP contribution < -0.4 is 5.32 Å². The minimum absolute atomic E-state index is 0.0148. The summed E-state index contributed by atoms with van der Waals surface area (Å²) >= 11 is 3.00. The number of carbonyl (C=O) groups is 2. The number of nitrogens with zero attached hydrogens (tertiary/aromatic N) is 4. The summed E-state index contributed by atoms with van der Waals surface area (Å²) in [6.45, 7) is 1.07. The molecule has 0 saturated heterocycles. The summed E-state index contributed by atoms with van der Waals surface area (Å²) < 4.78 is 6.63. The highest BCUT2D eigenvalue weighted by atomic mass is 32.1. The fourth-order valence-corrected chi connectivity index (χ4v) is 4.93. The SMILES string of the molecule is COCCNC(=O)[C@@H](c1cccs1)N(Cc1cccs1)C(=O)Cn1nnc2ccccc21. The van der Waals surface area contributed by atoms with Crippen LogP contribution in [0, 0.1) is 0 Å². The molecule has 0 aliphatic heterocycles. The van der Waals surface area contributed by atoms with Crippen LogP contribution in [0.1, 0.15) is 15.8 Å². The van der Waals surface area contributed by atoms with Gasteiger partial charge in [0.05, 0.1) is 18.7 Å². The molecule has 0 unspecified atom stereocenters. The molecule has 0 saturated carbocycles. The van der Waals surface area contributed by atoms with E-state index in [4.69, 9.17) is 4.74 Å². The number of amides is 2. The number of thiophene rings is 2. The number of hydrogen-bond donors (Lipinski definition) is 1. The third-order valence-electron chi connectivity index (χ3n) is 4.91. The molecule has 0 aliphatic carbocycles. The van der Waals surface area contributed by atoms with Crippen molar-refractivity contribution in [2.45, 2.75) is 19.1 Å². The van der Waals surface area contributed by atoms with Gasteiger partial charge in [-0.3, -0.25) is 9.59 Å². The molecule has 8 nitrogen and oxygen atoms in total. The van der Waals surface area contributed by atoms with E-state index in [1.807, 2.05) is 59.3 Å². The quantitative estimate of drug-likeness (QED) is 0.361. The normalized spacial score (nSPS) is 12.0. The number of benzene rings is 1. The van der Waals surface area contributed by atoms with Crippen LogP contribution in [0.3, 0.4) is 0 Å². The van der Waals surface area contributed by atoms with Gasteiger partial charge in [0.15, 0.2) is 0 Å². The highest BCUT2D eigenvalue weighted by Gasteiger charge is 2.33. The number of rotatable bonds is 10. The molecule has 0 aliphatic rings. The maximum atomic E-state index is 13.6. The molecule has 0 spiro atoms. The van der Waals surface area contributed by atoms with Gasteiger partial charge in [-0.15, -0.1) is 27.8 Å². The predicted octanol–water partition coefficient (Wildman–Crippen LogP) is 3.09. The van der Waals surface area contributed by atoms with Crippen LogP contribution in [0.4, 0.5) is 0 Å². The summed E-state index contributed by atoms with van der Waals surface area (Å²) in [6.07, 6.45) is 0. The molecule has 32 heavy (non-hydrogen) atoms. The molecule has 0 radical (unpaired) electrons. The van der Waals surface area contributed by atoms with E-state index in [-0.39, 0.29) is 18.4 Å². The van der Waals surface area contributed by atoms with E-state index in [1.54, 1.807) is 28.0 Å². The van der Waals surface area contributed by atoms with Crippen molar-refractivity contribution in [3.05, 3.63) is 69.0 Å². The van der Waals surface area contributed by atoms with Crippen LogP contribution in [-0.4, -0.2) is 52.0 Å². The maximum Gasteiger partial charge on any atom is 0.248 e. The molecule has 4 rings (SSSR count). The summed E-state index contributed by atoms with van der Waals surface area (Å²) in [6, 6.07) is 14.4. The Bertz CT molecular complexity index is 1160. The van der Waals surface area contributed by atoms with Crippen molar-refractivity contribution in [2.24, 2.45) is 0 Å². The fourth-order valence-electron chi connectivity index (χ4n) is 3.39. The smallest absolute Gasteiger partial charge is 0.248 e. The summed E-state index contributed by atoms with van der Waals surface area (Å²) in [5.74, 6) is -0.452. The van der Waals surface area contributed by atoms with Gasteiger partial charge < -0.3 is 15.0 Å². The molecule has 2 amide bonds. The van der Waals surface area contributed by atoms with Crippen molar-refractivity contribution >= 4 is 45.5 Å². The molecule has 3 heterocycles. The van der Waals surface area contributed by atoms with Crippen LogP contribution in [0.15, 0.2) is 59.3 Å². The summed E-state index contributed by atoms with van der Waals surface area (Å²) in [7, 11) is 1.58. The number of aromatic nitrogens is 3. The third kappa shape index (κ3) is 5.04. The lowest BCUT2D eigenvalue weighted by atomic mass is 10.1. The predicted molar refractivity (Wildman–Crippen MR) is 124 cm³/mol. The molecule has 0 bridgehead atoms. The van der Waals surface area contributed by atoms with Crippen LogP contribution in [-0.2, 0) is 27.4 Å². The van der Waals surface area contributed by atoms with Crippen molar-refractivity contribution in [1.29, 1.82) is 0 Å². The zero-order chi connectivity index (χ0) is 22.3. The number of fused-ring (bicyclic) bond motifs is 1. The van der Waals surface area contributed by atoms with Gasteiger partial charge in [-0.2, -0.15) is 0 Å². The molecule has 1 N–H and O–H groups in total. The van der Waals surface area contributed by atoms with Gasteiger partial charge >= 0.3 is 0 Å². The zero-order valence-electron chi connectivity index (χ0n) is 17.5. The first-order valence-electron chi connectivity index (χ1n) is 10.1. The zero-order valence-corrected chi connectivity index (χ0v) is 19.1. The van der Waals surface area contributed by atoms with E-state index >= 15 is 0 Å². The number of ether oxygens (including phenoxy) is 1. The Balaban J connectivity index is 1.65. The Morgan fingerprint density at radius 2 is 1.94 bits per heavy atom. The van der Waals surface area contributed by atoms with Crippen molar-refractivity contribution < 1.29 is 14.3 Å². The average molecular weight is 470 g/mol. The lowest BCUT2D eigenvalue weighted by Crippen LogP contribution is -2.44.